The molecule has 0 bridgehead atoms. The first-order chi connectivity index (χ1) is 7.60. The molecule has 0 fully saturated rings. The van der Waals surface area contributed by atoms with Gasteiger partial charge in [-0.2, -0.15) is 0 Å². The number of aryl methyl sites for hydroxylation is 2. The van der Waals surface area contributed by atoms with E-state index in [4.69, 9.17) is 0 Å². The third-order valence-corrected chi connectivity index (χ3v) is 2.05. The molecule has 4 heteroatoms. The summed E-state index contributed by atoms with van der Waals surface area (Å²) in [6.45, 7) is 5.16. The van der Waals surface area contributed by atoms with Gasteiger partial charge in [0.1, 0.15) is 12.4 Å². The monoisotopic (exact) mass is 226 g/mol. The summed E-state index contributed by atoms with van der Waals surface area (Å²) in [6.07, 6.45) is 9.67. The molecule has 0 unspecified atom stereocenters. The van der Waals surface area contributed by atoms with E-state index in [0.717, 1.165) is 6.54 Å². The van der Waals surface area contributed by atoms with Gasteiger partial charge in [0.15, 0.2) is 0 Å². The number of carbonyl (C=O) groups is 1. The summed E-state index contributed by atoms with van der Waals surface area (Å²) in [4.78, 5) is 9.49. The molecule has 0 amide bonds. The number of aromatic nitrogens is 2. The van der Waals surface area contributed by atoms with E-state index in [9.17, 15) is 9.90 Å². The minimum atomic E-state index is -0.961. The number of carboxylic acids is 1. The minimum absolute atomic E-state index is 0.181. The fraction of sp³-hybridized carbons (Fsp3) is 0.667. The van der Waals surface area contributed by atoms with Gasteiger partial charge in [-0.05, 0) is 12.8 Å². The van der Waals surface area contributed by atoms with Crippen molar-refractivity contribution in [3.8, 4) is 0 Å². The molecule has 1 rings (SSSR count). The third kappa shape index (κ3) is 8.03. The topological polar surface area (TPSA) is 48.9 Å². The number of hydrogen-bond acceptors (Lipinski definition) is 2. The number of hydrogen-bond donors (Lipinski definition) is 0. The normalized spacial score (nSPS) is 9.44. The van der Waals surface area contributed by atoms with E-state index in [2.05, 4.69) is 34.8 Å². The molecule has 0 radical (unpaired) electrons. The number of aliphatic carboxylic acids is 1. The van der Waals surface area contributed by atoms with Crippen LogP contribution in [0.1, 0.15) is 39.5 Å². The van der Waals surface area contributed by atoms with Gasteiger partial charge in [-0.25, -0.2) is 9.13 Å². The molecule has 1 heterocycles. The van der Waals surface area contributed by atoms with Crippen LogP contribution in [0.25, 0.3) is 0 Å². The summed E-state index contributed by atoms with van der Waals surface area (Å²) in [5.74, 6) is -0.961. The highest BCUT2D eigenvalue weighted by Crippen LogP contribution is 1.91. The lowest BCUT2D eigenvalue weighted by Gasteiger charge is -1.92. The fourth-order valence-corrected chi connectivity index (χ4v) is 1.18. The molecule has 0 saturated heterocycles. The molecule has 0 aliphatic heterocycles. The van der Waals surface area contributed by atoms with Crippen molar-refractivity contribution in [1.82, 2.24) is 4.57 Å². The number of carboxylic acid groups (broad SMARTS) is 1. The summed E-state index contributed by atoms with van der Waals surface area (Å²) in [5.41, 5.74) is 0. The van der Waals surface area contributed by atoms with E-state index in [0.29, 0.717) is 6.42 Å². The van der Waals surface area contributed by atoms with Crippen molar-refractivity contribution in [2.75, 3.05) is 0 Å². The zero-order valence-electron chi connectivity index (χ0n) is 10.5. The van der Waals surface area contributed by atoms with Crippen molar-refractivity contribution in [2.24, 2.45) is 7.05 Å². The lowest BCUT2D eigenvalue weighted by molar-refractivity contribution is -0.671. The Kier molecular flexibility index (Phi) is 8.21. The summed E-state index contributed by atoms with van der Waals surface area (Å²) in [7, 11) is 2.04. The highest BCUT2D eigenvalue weighted by Gasteiger charge is 1.96. The van der Waals surface area contributed by atoms with E-state index in [1.165, 1.54) is 12.8 Å². The molecule has 16 heavy (non-hydrogen) atoms. The number of unbranched alkanes of at least 4 members (excludes halogenated alkanes) is 1. The molecule has 1 aromatic rings. The molecule has 0 spiro atoms. The van der Waals surface area contributed by atoms with Crippen LogP contribution in [-0.4, -0.2) is 10.5 Å². The van der Waals surface area contributed by atoms with Crippen LogP contribution in [0.4, 0.5) is 0 Å². The Balaban J connectivity index is 0.000000325. The number of rotatable bonds is 5. The number of carbonyl (C=O) groups excluding carboxylic acids is 1. The van der Waals surface area contributed by atoms with Crippen LogP contribution < -0.4 is 9.67 Å². The lowest BCUT2D eigenvalue weighted by atomic mass is 10.3. The van der Waals surface area contributed by atoms with E-state index < -0.39 is 5.97 Å². The van der Waals surface area contributed by atoms with Crippen molar-refractivity contribution in [3.05, 3.63) is 18.7 Å². The first kappa shape index (κ1) is 14.7. The third-order valence-electron chi connectivity index (χ3n) is 2.05. The summed E-state index contributed by atoms with van der Waals surface area (Å²) in [6, 6.07) is 0. The molecule has 0 saturated carbocycles. The maximum Gasteiger partial charge on any atom is 0.243 e. The van der Waals surface area contributed by atoms with Crippen LogP contribution in [0.15, 0.2) is 18.7 Å². The molecule has 4 nitrogen and oxygen atoms in total. The Labute approximate surface area is 97.5 Å². The van der Waals surface area contributed by atoms with Gasteiger partial charge >= 0.3 is 0 Å². The Morgan fingerprint density at radius 2 is 2.06 bits per heavy atom. The van der Waals surface area contributed by atoms with E-state index >= 15 is 0 Å². The van der Waals surface area contributed by atoms with Gasteiger partial charge in [-0.15, -0.1) is 0 Å². The standard InChI is InChI=1S/C8H15N2.C4H8O2/c1-3-4-5-10-7-6-9(2)8-10;1-2-3-4(5)6/h6-8H,3-5H2,1-2H3;2-3H2,1H3,(H,5,6)/q+1;/p-1. The van der Waals surface area contributed by atoms with Gasteiger partial charge < -0.3 is 9.90 Å². The summed E-state index contributed by atoms with van der Waals surface area (Å²) >= 11 is 0. The average molecular weight is 226 g/mol. The van der Waals surface area contributed by atoms with Crippen molar-refractivity contribution in [3.63, 3.8) is 0 Å². The smallest absolute Gasteiger partial charge is 0.243 e. The van der Waals surface area contributed by atoms with Crippen LogP contribution in [-0.2, 0) is 18.4 Å². The van der Waals surface area contributed by atoms with Gasteiger partial charge in [0.2, 0.25) is 6.33 Å². The van der Waals surface area contributed by atoms with Crippen molar-refractivity contribution in [1.29, 1.82) is 0 Å². The van der Waals surface area contributed by atoms with Gasteiger partial charge in [0.05, 0.1) is 13.6 Å². The Bertz CT molecular complexity index is 295. The highest BCUT2D eigenvalue weighted by atomic mass is 16.4. The van der Waals surface area contributed by atoms with Gasteiger partial charge in [0, 0.05) is 5.97 Å². The molecule has 92 valence electrons. The molecule has 0 N–H and O–H groups in total. The molecule has 0 aliphatic rings. The quantitative estimate of drug-likeness (QED) is 0.692. The van der Waals surface area contributed by atoms with Gasteiger partial charge in [0.25, 0.3) is 0 Å². The highest BCUT2D eigenvalue weighted by molar-refractivity contribution is 5.63. The SMILES string of the molecule is CCCC(=O)[O-].CCCCn1cc[n+](C)c1. The Morgan fingerprint density at radius 1 is 1.38 bits per heavy atom. The Morgan fingerprint density at radius 3 is 2.38 bits per heavy atom. The summed E-state index contributed by atoms with van der Waals surface area (Å²) in [5, 5.41) is 9.49. The zero-order chi connectivity index (χ0) is 12.4. The maximum atomic E-state index is 9.49. The molecule has 1 aromatic heterocycles. The van der Waals surface area contributed by atoms with Crippen LogP contribution in [0.2, 0.25) is 0 Å². The largest absolute Gasteiger partial charge is 0.550 e. The van der Waals surface area contributed by atoms with Crippen molar-refractivity contribution in [2.45, 2.75) is 46.1 Å². The van der Waals surface area contributed by atoms with E-state index in [1.807, 2.05) is 7.05 Å². The molecule has 0 aliphatic carbocycles. The molecular formula is C12H22N2O2. The van der Waals surface area contributed by atoms with Crippen LogP contribution >= 0.6 is 0 Å². The van der Waals surface area contributed by atoms with Crippen LogP contribution in [0, 0.1) is 0 Å². The van der Waals surface area contributed by atoms with Crippen LogP contribution in [0.5, 0.6) is 0 Å². The first-order valence-electron chi connectivity index (χ1n) is 5.81. The molecular weight excluding hydrogens is 204 g/mol. The molecule has 0 atom stereocenters. The average Bonchev–Trinajstić information content (AvgIpc) is 2.62. The number of nitrogens with zero attached hydrogens (tertiary/aromatic N) is 2. The zero-order valence-corrected chi connectivity index (χ0v) is 10.5. The second-order valence-corrected chi connectivity index (χ2v) is 3.79. The van der Waals surface area contributed by atoms with Crippen molar-refractivity contribution < 1.29 is 14.5 Å². The van der Waals surface area contributed by atoms with E-state index in [1.54, 1.807) is 6.92 Å². The second kappa shape index (κ2) is 8.95. The Hall–Kier alpha value is -1.32. The van der Waals surface area contributed by atoms with Crippen LogP contribution in [0.3, 0.4) is 0 Å². The first-order valence-corrected chi connectivity index (χ1v) is 5.81. The maximum absolute atomic E-state index is 9.49. The van der Waals surface area contributed by atoms with Gasteiger partial charge in [-0.3, -0.25) is 0 Å². The summed E-state index contributed by atoms with van der Waals surface area (Å²) < 4.78 is 4.28. The second-order valence-electron chi connectivity index (χ2n) is 3.79. The number of imidazole rings is 1. The van der Waals surface area contributed by atoms with Crippen molar-refractivity contribution >= 4 is 5.97 Å². The fourth-order valence-electron chi connectivity index (χ4n) is 1.18. The molecule has 0 aromatic carbocycles. The van der Waals surface area contributed by atoms with Gasteiger partial charge in [-0.1, -0.05) is 26.7 Å². The predicted molar refractivity (Wildman–Crippen MR) is 60.4 cm³/mol. The predicted octanol–water partition coefficient (Wildman–Crippen LogP) is 0.649. The van der Waals surface area contributed by atoms with E-state index in [-0.39, 0.29) is 6.42 Å². The minimum Gasteiger partial charge on any atom is -0.550 e. The lowest BCUT2D eigenvalue weighted by Crippen LogP contribution is -2.23.